The molecule has 14 heavy (non-hydrogen) atoms. The summed E-state index contributed by atoms with van der Waals surface area (Å²) in [5.41, 5.74) is 0.565. The maximum Gasteiger partial charge on any atom is 0.273 e. The van der Waals surface area contributed by atoms with Gasteiger partial charge in [0.25, 0.3) is 5.91 Å². The molecule has 0 N–H and O–H groups in total. The Morgan fingerprint density at radius 2 is 2.29 bits per heavy atom. The first-order chi connectivity index (χ1) is 6.50. The number of carbonyl (C=O) groups excluding carboxylic acids is 1. The molecule has 1 amide bonds. The van der Waals surface area contributed by atoms with Gasteiger partial charge < -0.3 is 4.90 Å². The Balaban J connectivity index is 2.65. The van der Waals surface area contributed by atoms with Crippen LogP contribution in [0.3, 0.4) is 0 Å². The number of amides is 1. The highest BCUT2D eigenvalue weighted by Gasteiger charge is 2.14. The van der Waals surface area contributed by atoms with Crippen molar-refractivity contribution in [1.82, 2.24) is 9.88 Å². The van der Waals surface area contributed by atoms with Crippen LogP contribution in [0.25, 0.3) is 0 Å². The van der Waals surface area contributed by atoms with Gasteiger partial charge in [-0.15, -0.1) is 11.3 Å². The minimum absolute atomic E-state index is 0.0167. The molecule has 0 aromatic carbocycles. The molecule has 1 aromatic rings. The molecule has 0 radical (unpaired) electrons. The molecule has 78 valence electrons. The van der Waals surface area contributed by atoms with Gasteiger partial charge in [0.15, 0.2) is 0 Å². The highest BCUT2D eigenvalue weighted by Crippen LogP contribution is 2.10. The van der Waals surface area contributed by atoms with Crippen molar-refractivity contribution < 1.29 is 4.79 Å². The SMILES string of the molecule is Cc1nc(C(=O)N(C)CC(C)C)cs1. The first kappa shape index (κ1) is 11.2. The third-order valence-electron chi connectivity index (χ3n) is 1.82. The van der Waals surface area contributed by atoms with Crippen molar-refractivity contribution in [2.24, 2.45) is 5.92 Å². The van der Waals surface area contributed by atoms with Crippen LogP contribution < -0.4 is 0 Å². The molecule has 0 aliphatic heterocycles. The molecular formula is C10H16N2OS. The predicted molar refractivity (Wildman–Crippen MR) is 58.6 cm³/mol. The number of aryl methyl sites for hydroxylation is 1. The molecule has 0 aliphatic rings. The third-order valence-corrected chi connectivity index (χ3v) is 2.60. The summed E-state index contributed by atoms with van der Waals surface area (Å²) in [6.07, 6.45) is 0. The number of hydrogen-bond donors (Lipinski definition) is 0. The summed E-state index contributed by atoms with van der Waals surface area (Å²) in [6, 6.07) is 0. The Labute approximate surface area is 88.8 Å². The van der Waals surface area contributed by atoms with Crippen molar-refractivity contribution in [1.29, 1.82) is 0 Å². The van der Waals surface area contributed by atoms with Crippen LogP contribution in [0.5, 0.6) is 0 Å². The minimum Gasteiger partial charge on any atom is -0.340 e. The molecule has 1 heterocycles. The molecule has 1 rings (SSSR count). The van der Waals surface area contributed by atoms with Gasteiger partial charge in [0.2, 0.25) is 0 Å². The summed E-state index contributed by atoms with van der Waals surface area (Å²) < 4.78 is 0. The van der Waals surface area contributed by atoms with Gasteiger partial charge in [-0.3, -0.25) is 4.79 Å². The van der Waals surface area contributed by atoms with Crippen molar-refractivity contribution in [2.75, 3.05) is 13.6 Å². The van der Waals surface area contributed by atoms with Crippen LogP contribution in [-0.2, 0) is 0 Å². The summed E-state index contributed by atoms with van der Waals surface area (Å²) in [7, 11) is 1.82. The van der Waals surface area contributed by atoms with Crippen LogP contribution in [0.4, 0.5) is 0 Å². The van der Waals surface area contributed by atoms with Gasteiger partial charge in [-0.1, -0.05) is 13.8 Å². The second-order valence-electron chi connectivity index (χ2n) is 3.83. The van der Waals surface area contributed by atoms with Crippen LogP contribution in [0, 0.1) is 12.8 Å². The predicted octanol–water partition coefficient (Wildman–Crippen LogP) is 2.18. The zero-order valence-corrected chi connectivity index (χ0v) is 9.89. The second-order valence-corrected chi connectivity index (χ2v) is 4.89. The fourth-order valence-corrected chi connectivity index (χ4v) is 1.87. The fourth-order valence-electron chi connectivity index (χ4n) is 1.29. The molecule has 0 fully saturated rings. The number of rotatable bonds is 3. The average molecular weight is 212 g/mol. The van der Waals surface area contributed by atoms with Gasteiger partial charge in [-0.2, -0.15) is 0 Å². The van der Waals surface area contributed by atoms with E-state index in [-0.39, 0.29) is 5.91 Å². The normalized spacial score (nSPS) is 10.6. The molecule has 4 heteroatoms. The highest BCUT2D eigenvalue weighted by molar-refractivity contribution is 7.09. The van der Waals surface area contributed by atoms with E-state index in [1.807, 2.05) is 19.4 Å². The lowest BCUT2D eigenvalue weighted by molar-refractivity contribution is 0.0774. The van der Waals surface area contributed by atoms with Gasteiger partial charge in [0.05, 0.1) is 5.01 Å². The van der Waals surface area contributed by atoms with Gasteiger partial charge in [-0.25, -0.2) is 4.98 Å². The molecule has 3 nitrogen and oxygen atoms in total. The zero-order chi connectivity index (χ0) is 10.7. The Morgan fingerprint density at radius 3 is 2.71 bits per heavy atom. The van der Waals surface area contributed by atoms with Crippen LogP contribution in [0.2, 0.25) is 0 Å². The van der Waals surface area contributed by atoms with Crippen molar-refractivity contribution in [2.45, 2.75) is 20.8 Å². The molecule has 0 saturated carbocycles. The Bertz CT molecular complexity index is 320. The maximum absolute atomic E-state index is 11.8. The second kappa shape index (κ2) is 4.55. The number of aromatic nitrogens is 1. The van der Waals surface area contributed by atoms with Crippen molar-refractivity contribution >= 4 is 17.2 Å². The van der Waals surface area contributed by atoms with E-state index in [1.165, 1.54) is 11.3 Å². The van der Waals surface area contributed by atoms with Crippen molar-refractivity contribution in [3.05, 3.63) is 16.1 Å². The smallest absolute Gasteiger partial charge is 0.273 e. The first-order valence-electron chi connectivity index (χ1n) is 4.68. The molecule has 0 aliphatic carbocycles. The number of thiazole rings is 1. The molecule has 0 saturated heterocycles. The summed E-state index contributed by atoms with van der Waals surface area (Å²) in [5, 5.41) is 2.75. The van der Waals surface area contributed by atoms with Gasteiger partial charge in [0, 0.05) is 19.0 Å². The fraction of sp³-hybridized carbons (Fsp3) is 0.600. The van der Waals surface area contributed by atoms with Crippen LogP contribution >= 0.6 is 11.3 Å². The Kier molecular flexibility index (Phi) is 3.63. The molecule has 0 atom stereocenters. The van der Waals surface area contributed by atoms with E-state index in [0.717, 1.165) is 11.6 Å². The first-order valence-corrected chi connectivity index (χ1v) is 5.56. The Hall–Kier alpha value is -0.900. The summed E-state index contributed by atoms with van der Waals surface area (Å²) >= 11 is 1.51. The maximum atomic E-state index is 11.8. The van der Waals surface area contributed by atoms with Crippen molar-refractivity contribution in [3.63, 3.8) is 0 Å². The van der Waals surface area contributed by atoms with Crippen LogP contribution in [-0.4, -0.2) is 29.4 Å². The zero-order valence-electron chi connectivity index (χ0n) is 9.07. The van der Waals surface area contributed by atoms with E-state index in [2.05, 4.69) is 18.8 Å². The number of nitrogens with zero attached hydrogens (tertiary/aromatic N) is 2. The van der Waals surface area contributed by atoms with E-state index in [9.17, 15) is 4.79 Å². The lowest BCUT2D eigenvalue weighted by Gasteiger charge is -2.17. The molecule has 0 bridgehead atoms. The third kappa shape index (κ3) is 2.80. The topological polar surface area (TPSA) is 33.2 Å². The van der Waals surface area contributed by atoms with Crippen LogP contribution in [0.1, 0.15) is 29.3 Å². The summed E-state index contributed by atoms with van der Waals surface area (Å²) in [4.78, 5) is 17.7. The number of hydrogen-bond acceptors (Lipinski definition) is 3. The highest BCUT2D eigenvalue weighted by atomic mass is 32.1. The van der Waals surface area contributed by atoms with E-state index in [1.54, 1.807) is 4.90 Å². The minimum atomic E-state index is 0.0167. The molecule has 0 unspecified atom stereocenters. The summed E-state index contributed by atoms with van der Waals surface area (Å²) in [5.74, 6) is 0.506. The monoisotopic (exact) mass is 212 g/mol. The largest absolute Gasteiger partial charge is 0.340 e. The van der Waals surface area contributed by atoms with Crippen molar-refractivity contribution in [3.8, 4) is 0 Å². The quantitative estimate of drug-likeness (QED) is 0.769. The summed E-state index contributed by atoms with van der Waals surface area (Å²) in [6.45, 7) is 6.87. The van der Waals surface area contributed by atoms with Gasteiger partial charge >= 0.3 is 0 Å². The van der Waals surface area contributed by atoms with E-state index in [0.29, 0.717) is 11.6 Å². The van der Waals surface area contributed by atoms with Gasteiger partial charge in [-0.05, 0) is 12.8 Å². The average Bonchev–Trinajstić information content (AvgIpc) is 2.49. The van der Waals surface area contributed by atoms with E-state index < -0.39 is 0 Å². The Morgan fingerprint density at radius 1 is 1.64 bits per heavy atom. The number of carbonyl (C=O) groups is 1. The lowest BCUT2D eigenvalue weighted by Crippen LogP contribution is -2.30. The molecule has 0 spiro atoms. The standard InChI is InChI=1S/C10H16N2OS/c1-7(2)5-12(4)10(13)9-6-14-8(3)11-9/h6-7H,5H2,1-4H3. The molecular weight excluding hydrogens is 196 g/mol. The van der Waals surface area contributed by atoms with Gasteiger partial charge in [0.1, 0.15) is 5.69 Å². The lowest BCUT2D eigenvalue weighted by atomic mass is 10.2. The van der Waals surface area contributed by atoms with E-state index >= 15 is 0 Å². The van der Waals surface area contributed by atoms with E-state index in [4.69, 9.17) is 0 Å². The van der Waals surface area contributed by atoms with Crippen LogP contribution in [0.15, 0.2) is 5.38 Å². The molecule has 1 aromatic heterocycles.